The Balaban J connectivity index is 1.99. The van der Waals surface area contributed by atoms with Crippen molar-refractivity contribution in [2.24, 2.45) is 0 Å². The average molecular weight is 225 g/mol. The van der Waals surface area contributed by atoms with Crippen LogP contribution in [0.1, 0.15) is 37.1 Å². The predicted molar refractivity (Wildman–Crippen MR) is 58.8 cm³/mol. The van der Waals surface area contributed by atoms with E-state index in [1.807, 2.05) is 6.92 Å². The molecule has 5 nitrogen and oxygen atoms in total. The smallest absolute Gasteiger partial charge is 0.122 e. The van der Waals surface area contributed by atoms with Crippen molar-refractivity contribution in [1.29, 1.82) is 0 Å². The highest BCUT2D eigenvalue weighted by atomic mass is 16.6. The third-order valence-corrected chi connectivity index (χ3v) is 3.33. The highest BCUT2D eigenvalue weighted by molar-refractivity contribution is 5.04. The molecular weight excluding hydrogens is 206 g/mol. The third kappa shape index (κ3) is 2.59. The lowest BCUT2D eigenvalue weighted by atomic mass is 10.2. The molecule has 0 aliphatic heterocycles. The summed E-state index contributed by atoms with van der Waals surface area (Å²) in [5.41, 5.74) is 1.74. The first kappa shape index (κ1) is 11.5. The van der Waals surface area contributed by atoms with E-state index in [9.17, 15) is 0 Å². The summed E-state index contributed by atoms with van der Waals surface area (Å²) < 4.78 is 4.70. The van der Waals surface area contributed by atoms with Crippen LogP contribution in [-0.4, -0.2) is 39.5 Å². The van der Waals surface area contributed by atoms with Crippen molar-refractivity contribution in [3.05, 3.63) is 11.4 Å². The number of rotatable bonds is 5. The Kier molecular flexibility index (Phi) is 3.90. The van der Waals surface area contributed by atoms with Gasteiger partial charge >= 0.3 is 0 Å². The van der Waals surface area contributed by atoms with Gasteiger partial charge in [0.25, 0.3) is 0 Å². The molecule has 16 heavy (non-hydrogen) atoms. The summed E-state index contributed by atoms with van der Waals surface area (Å²) in [5, 5.41) is 16.8. The molecule has 0 amide bonds. The lowest BCUT2D eigenvalue weighted by Crippen LogP contribution is -2.35. The monoisotopic (exact) mass is 225 g/mol. The summed E-state index contributed by atoms with van der Waals surface area (Å²) in [6, 6.07) is 0.586. The molecule has 0 spiro atoms. The molecule has 1 saturated carbocycles. The first-order valence-electron chi connectivity index (χ1n) is 5.94. The Morgan fingerprint density at radius 3 is 2.69 bits per heavy atom. The van der Waals surface area contributed by atoms with Gasteiger partial charge in [0, 0.05) is 19.1 Å². The molecule has 0 bridgehead atoms. The van der Waals surface area contributed by atoms with Crippen LogP contribution in [0.5, 0.6) is 0 Å². The highest BCUT2D eigenvalue weighted by Crippen LogP contribution is 2.24. The lowest BCUT2D eigenvalue weighted by molar-refractivity contribution is 0.141. The maximum atomic E-state index is 9.09. The number of aliphatic hydroxyl groups is 1. The molecule has 1 N–H and O–H groups in total. The molecule has 1 fully saturated rings. The Morgan fingerprint density at radius 2 is 2.12 bits per heavy atom. The summed E-state index contributed by atoms with van der Waals surface area (Å²) in [6.07, 6.45) is 5.04. The van der Waals surface area contributed by atoms with E-state index in [-0.39, 0.29) is 6.61 Å². The fraction of sp³-hybridized carbons (Fsp3) is 0.818. The lowest BCUT2D eigenvalue weighted by Gasteiger charge is -2.26. The van der Waals surface area contributed by atoms with Crippen molar-refractivity contribution in [2.75, 3.05) is 13.2 Å². The summed E-state index contributed by atoms with van der Waals surface area (Å²) in [6.45, 7) is 3.54. The fourth-order valence-electron chi connectivity index (χ4n) is 2.37. The van der Waals surface area contributed by atoms with Crippen LogP contribution in [0.2, 0.25) is 0 Å². The molecule has 2 rings (SSSR count). The number of hydrogen-bond acceptors (Lipinski definition) is 5. The summed E-state index contributed by atoms with van der Waals surface area (Å²) >= 11 is 0. The Bertz CT molecular complexity index is 321. The molecule has 5 heteroatoms. The number of nitrogens with zero attached hydrogens (tertiary/aromatic N) is 3. The Hall–Kier alpha value is -0.940. The summed E-state index contributed by atoms with van der Waals surface area (Å²) in [4.78, 5) is 2.29. The van der Waals surface area contributed by atoms with Crippen molar-refractivity contribution < 1.29 is 9.74 Å². The van der Waals surface area contributed by atoms with E-state index in [1.54, 1.807) is 0 Å². The molecule has 1 aliphatic carbocycles. The van der Waals surface area contributed by atoms with Gasteiger partial charge in [-0.1, -0.05) is 23.2 Å². The van der Waals surface area contributed by atoms with Crippen molar-refractivity contribution in [1.82, 2.24) is 15.2 Å². The second kappa shape index (κ2) is 5.41. The van der Waals surface area contributed by atoms with Gasteiger partial charge in [-0.2, -0.15) is 0 Å². The van der Waals surface area contributed by atoms with Crippen LogP contribution in [0.15, 0.2) is 4.63 Å². The van der Waals surface area contributed by atoms with E-state index < -0.39 is 0 Å². The molecule has 0 saturated heterocycles. The van der Waals surface area contributed by atoms with Crippen molar-refractivity contribution in [2.45, 2.75) is 45.2 Å². The SMILES string of the molecule is Cc1nonc1CN(CCO)C1CCCC1. The zero-order valence-corrected chi connectivity index (χ0v) is 9.72. The van der Waals surface area contributed by atoms with Gasteiger partial charge < -0.3 is 5.11 Å². The maximum Gasteiger partial charge on any atom is 0.122 e. The second-order valence-corrected chi connectivity index (χ2v) is 4.43. The third-order valence-electron chi connectivity index (χ3n) is 3.33. The number of aromatic nitrogens is 2. The molecule has 1 aromatic rings. The Labute approximate surface area is 95.4 Å². The second-order valence-electron chi connectivity index (χ2n) is 4.43. The van der Waals surface area contributed by atoms with Crippen molar-refractivity contribution in [3.8, 4) is 0 Å². The minimum atomic E-state index is 0.195. The zero-order valence-electron chi connectivity index (χ0n) is 9.72. The van der Waals surface area contributed by atoms with E-state index in [4.69, 9.17) is 9.74 Å². The van der Waals surface area contributed by atoms with Crippen LogP contribution in [0.25, 0.3) is 0 Å². The van der Waals surface area contributed by atoms with Crippen LogP contribution in [0.4, 0.5) is 0 Å². The number of aryl methyl sites for hydroxylation is 1. The van der Waals surface area contributed by atoms with Gasteiger partial charge in [-0.3, -0.25) is 4.90 Å². The van der Waals surface area contributed by atoms with Gasteiger partial charge in [0.05, 0.1) is 6.61 Å². The van der Waals surface area contributed by atoms with E-state index in [0.29, 0.717) is 12.6 Å². The fourth-order valence-corrected chi connectivity index (χ4v) is 2.37. The minimum absolute atomic E-state index is 0.195. The standard InChI is InChI=1S/C11H19N3O2/c1-9-11(13-16-12-9)8-14(6-7-15)10-4-2-3-5-10/h10,15H,2-8H2,1H3. The normalized spacial score (nSPS) is 17.4. The van der Waals surface area contributed by atoms with Crippen LogP contribution in [0, 0.1) is 6.92 Å². The van der Waals surface area contributed by atoms with Crippen LogP contribution in [0.3, 0.4) is 0 Å². The first-order chi connectivity index (χ1) is 7.81. The molecule has 0 unspecified atom stereocenters. The maximum absolute atomic E-state index is 9.09. The largest absolute Gasteiger partial charge is 0.395 e. The van der Waals surface area contributed by atoms with Gasteiger partial charge in [-0.15, -0.1) is 0 Å². The van der Waals surface area contributed by atoms with Gasteiger partial charge in [0.1, 0.15) is 11.4 Å². The molecule has 90 valence electrons. The van der Waals surface area contributed by atoms with Gasteiger partial charge in [-0.05, 0) is 19.8 Å². The highest BCUT2D eigenvalue weighted by Gasteiger charge is 2.23. The number of aliphatic hydroxyl groups excluding tert-OH is 1. The average Bonchev–Trinajstić information content (AvgIpc) is 2.90. The quantitative estimate of drug-likeness (QED) is 0.813. The molecule has 0 aromatic carbocycles. The van der Waals surface area contributed by atoms with Crippen molar-refractivity contribution >= 4 is 0 Å². The van der Waals surface area contributed by atoms with E-state index in [0.717, 1.165) is 17.9 Å². The van der Waals surface area contributed by atoms with Gasteiger partial charge in [0.15, 0.2) is 0 Å². The summed E-state index contributed by atoms with van der Waals surface area (Å²) in [7, 11) is 0. The predicted octanol–water partition coefficient (Wildman–Crippen LogP) is 1.11. The Morgan fingerprint density at radius 1 is 1.38 bits per heavy atom. The van der Waals surface area contributed by atoms with Crippen LogP contribution < -0.4 is 0 Å². The topological polar surface area (TPSA) is 62.4 Å². The zero-order chi connectivity index (χ0) is 11.4. The van der Waals surface area contributed by atoms with Gasteiger partial charge in [0.2, 0.25) is 0 Å². The molecule has 1 aromatic heterocycles. The molecular formula is C11H19N3O2. The molecule has 0 radical (unpaired) electrons. The van der Waals surface area contributed by atoms with Crippen molar-refractivity contribution in [3.63, 3.8) is 0 Å². The van der Waals surface area contributed by atoms with E-state index in [2.05, 4.69) is 15.2 Å². The van der Waals surface area contributed by atoms with E-state index >= 15 is 0 Å². The molecule has 0 atom stereocenters. The molecule has 1 heterocycles. The summed E-state index contributed by atoms with van der Waals surface area (Å²) in [5.74, 6) is 0. The first-order valence-corrected chi connectivity index (χ1v) is 5.94. The van der Waals surface area contributed by atoms with Crippen LogP contribution >= 0.6 is 0 Å². The number of hydrogen-bond donors (Lipinski definition) is 1. The molecule has 1 aliphatic rings. The van der Waals surface area contributed by atoms with Gasteiger partial charge in [-0.25, -0.2) is 4.63 Å². The van der Waals surface area contributed by atoms with Crippen LogP contribution in [-0.2, 0) is 6.54 Å². The minimum Gasteiger partial charge on any atom is -0.395 e. The van der Waals surface area contributed by atoms with E-state index in [1.165, 1.54) is 25.7 Å².